The molecule has 0 aliphatic rings. The van der Waals surface area contributed by atoms with E-state index >= 15 is 0 Å². The van der Waals surface area contributed by atoms with Crippen LogP contribution < -0.4 is 4.74 Å². The number of rotatable bonds is 11. The van der Waals surface area contributed by atoms with E-state index in [1.165, 1.54) is 37.8 Å². The maximum absolute atomic E-state index is 11.8. The molecule has 0 aliphatic carbocycles. The van der Waals surface area contributed by atoms with Gasteiger partial charge < -0.3 is 9.84 Å². The van der Waals surface area contributed by atoms with E-state index in [9.17, 15) is 18.1 Å². The molecule has 2 rings (SSSR count). The van der Waals surface area contributed by atoms with Crippen LogP contribution in [-0.4, -0.2) is 18.1 Å². The van der Waals surface area contributed by atoms with Gasteiger partial charge in [0.25, 0.3) is 10.1 Å². The van der Waals surface area contributed by atoms with Crippen molar-refractivity contribution in [1.29, 1.82) is 0 Å². The van der Waals surface area contributed by atoms with Gasteiger partial charge in [0.05, 0.1) is 0 Å². The first-order chi connectivity index (χ1) is 12.9. The lowest BCUT2D eigenvalue weighted by atomic mass is 10.0. The summed E-state index contributed by atoms with van der Waals surface area (Å²) in [6, 6.07) is 11.3. The Morgan fingerprint density at radius 3 is 2.19 bits per heavy atom. The molecule has 2 aromatic rings. The predicted molar refractivity (Wildman–Crippen MR) is 106 cm³/mol. The number of phenols is 1. The number of hydrogen-bond acceptors (Lipinski definition) is 4. The lowest BCUT2D eigenvalue weighted by molar-refractivity contribution is 0.408. The van der Waals surface area contributed by atoms with Crippen molar-refractivity contribution >= 4 is 10.1 Å². The summed E-state index contributed by atoms with van der Waals surface area (Å²) in [5, 5.41) is 10.2. The number of ether oxygens (including phenoxy) is 1. The molecule has 0 amide bonds. The van der Waals surface area contributed by atoms with Gasteiger partial charge in [0, 0.05) is 6.07 Å². The Balaban J connectivity index is 2.09. The van der Waals surface area contributed by atoms with E-state index in [2.05, 4.69) is 6.92 Å². The number of hydrogen-bond donors (Lipinski definition) is 2. The molecule has 0 saturated heterocycles. The highest BCUT2D eigenvalue weighted by molar-refractivity contribution is 7.85. The first-order valence-electron chi connectivity index (χ1n) is 9.48. The minimum Gasteiger partial charge on any atom is -0.504 e. The first kappa shape index (κ1) is 21.3. The molecule has 0 aliphatic heterocycles. The van der Waals surface area contributed by atoms with Gasteiger partial charge >= 0.3 is 0 Å². The Morgan fingerprint density at radius 2 is 1.56 bits per heavy atom. The molecule has 0 bridgehead atoms. The van der Waals surface area contributed by atoms with Gasteiger partial charge in [0.1, 0.15) is 10.6 Å². The van der Waals surface area contributed by atoms with Crippen molar-refractivity contribution in [2.75, 3.05) is 0 Å². The minimum atomic E-state index is -4.41. The second-order valence-electron chi connectivity index (χ2n) is 6.69. The van der Waals surface area contributed by atoms with Gasteiger partial charge in [-0.3, -0.25) is 4.55 Å². The molecule has 148 valence electrons. The fraction of sp³-hybridized carbons (Fsp3) is 0.429. The van der Waals surface area contributed by atoms with Crippen molar-refractivity contribution in [2.24, 2.45) is 0 Å². The normalized spacial score (nSPS) is 11.5. The topological polar surface area (TPSA) is 83.8 Å². The van der Waals surface area contributed by atoms with Crippen LogP contribution in [0.2, 0.25) is 0 Å². The average molecular weight is 393 g/mol. The zero-order valence-corrected chi connectivity index (χ0v) is 16.5. The van der Waals surface area contributed by atoms with E-state index in [1.807, 2.05) is 6.07 Å². The Kier molecular flexibility index (Phi) is 8.13. The van der Waals surface area contributed by atoms with Crippen molar-refractivity contribution in [3.63, 3.8) is 0 Å². The SMILES string of the molecule is CCCCCCCCCc1cc(O)c(Oc2ccccc2)cc1S(=O)(=O)O. The quantitative estimate of drug-likeness (QED) is 0.377. The lowest BCUT2D eigenvalue weighted by Crippen LogP contribution is -2.04. The summed E-state index contributed by atoms with van der Waals surface area (Å²) in [7, 11) is -4.41. The van der Waals surface area contributed by atoms with Gasteiger partial charge in [-0.15, -0.1) is 0 Å². The Bertz CT molecular complexity index is 816. The molecule has 0 unspecified atom stereocenters. The Labute approximate surface area is 161 Å². The molecule has 2 aromatic carbocycles. The van der Waals surface area contributed by atoms with Crippen LogP contribution in [0.3, 0.4) is 0 Å². The number of aryl methyl sites for hydroxylation is 1. The second kappa shape index (κ2) is 10.3. The van der Waals surface area contributed by atoms with Crippen molar-refractivity contribution in [1.82, 2.24) is 0 Å². The van der Waals surface area contributed by atoms with E-state index in [1.54, 1.807) is 24.3 Å². The molecule has 0 radical (unpaired) electrons. The molecule has 6 heteroatoms. The van der Waals surface area contributed by atoms with Gasteiger partial charge in [-0.1, -0.05) is 63.6 Å². The molecule has 27 heavy (non-hydrogen) atoms. The molecule has 0 spiro atoms. The van der Waals surface area contributed by atoms with E-state index in [0.29, 0.717) is 17.7 Å². The monoisotopic (exact) mass is 392 g/mol. The lowest BCUT2D eigenvalue weighted by Gasteiger charge is -2.13. The molecule has 5 nitrogen and oxygen atoms in total. The minimum absolute atomic E-state index is 0.00265. The number of benzene rings is 2. The van der Waals surface area contributed by atoms with Gasteiger partial charge in [-0.2, -0.15) is 8.42 Å². The first-order valence-corrected chi connectivity index (χ1v) is 10.9. The molecule has 2 N–H and O–H groups in total. The summed E-state index contributed by atoms with van der Waals surface area (Å²) in [6.07, 6.45) is 8.19. The summed E-state index contributed by atoms with van der Waals surface area (Å²) in [5.41, 5.74) is 0.406. The third-order valence-electron chi connectivity index (χ3n) is 4.44. The third-order valence-corrected chi connectivity index (χ3v) is 5.38. The standard InChI is InChI=1S/C21H28O5S/c1-2-3-4-5-6-7-9-12-17-15-19(22)20(16-21(17)27(23,24)25)26-18-13-10-8-11-14-18/h8,10-11,13-16,22H,2-7,9,12H2,1H3,(H,23,24,25). The fourth-order valence-corrected chi connectivity index (χ4v) is 3.75. The number of unbranched alkanes of at least 4 members (excludes halogenated alkanes) is 6. The van der Waals surface area contributed by atoms with Gasteiger partial charge in [0.2, 0.25) is 0 Å². The summed E-state index contributed by atoms with van der Waals surface area (Å²) in [4.78, 5) is -0.211. The van der Waals surface area contributed by atoms with Crippen molar-refractivity contribution < 1.29 is 22.8 Å². The highest BCUT2D eigenvalue weighted by Crippen LogP contribution is 2.35. The third kappa shape index (κ3) is 6.88. The molecule has 0 saturated carbocycles. The van der Waals surface area contributed by atoms with Crippen molar-refractivity contribution in [2.45, 2.75) is 63.2 Å². The number of para-hydroxylation sites is 1. The summed E-state index contributed by atoms with van der Waals surface area (Å²) >= 11 is 0. The van der Waals surface area contributed by atoms with Crippen LogP contribution >= 0.6 is 0 Å². The van der Waals surface area contributed by atoms with E-state index in [4.69, 9.17) is 4.74 Å². The van der Waals surface area contributed by atoms with Crippen molar-refractivity contribution in [3.05, 3.63) is 48.0 Å². The highest BCUT2D eigenvalue weighted by atomic mass is 32.2. The summed E-state index contributed by atoms with van der Waals surface area (Å²) < 4.78 is 38.7. The van der Waals surface area contributed by atoms with Crippen LogP contribution in [-0.2, 0) is 16.5 Å². The Morgan fingerprint density at radius 1 is 0.926 bits per heavy atom. The zero-order chi connectivity index (χ0) is 19.7. The predicted octanol–water partition coefficient (Wildman–Crippen LogP) is 5.72. The molecular weight excluding hydrogens is 364 g/mol. The van der Waals surface area contributed by atoms with E-state index < -0.39 is 10.1 Å². The van der Waals surface area contributed by atoms with E-state index in [-0.39, 0.29) is 16.4 Å². The number of phenolic OH excluding ortho intramolecular Hbond substituents is 1. The van der Waals surface area contributed by atoms with Crippen LogP contribution in [0.1, 0.15) is 57.4 Å². The van der Waals surface area contributed by atoms with Crippen LogP contribution in [0.15, 0.2) is 47.4 Å². The molecule has 0 heterocycles. The van der Waals surface area contributed by atoms with Crippen LogP contribution in [0.4, 0.5) is 0 Å². The van der Waals surface area contributed by atoms with Gasteiger partial charge in [-0.25, -0.2) is 0 Å². The summed E-state index contributed by atoms with van der Waals surface area (Å²) in [6.45, 7) is 2.18. The number of aromatic hydroxyl groups is 1. The average Bonchev–Trinajstić information content (AvgIpc) is 2.63. The second-order valence-corrected chi connectivity index (χ2v) is 8.08. The fourth-order valence-electron chi connectivity index (χ4n) is 3.00. The van der Waals surface area contributed by atoms with Gasteiger partial charge in [-0.05, 0) is 36.6 Å². The van der Waals surface area contributed by atoms with Crippen LogP contribution in [0.25, 0.3) is 0 Å². The van der Waals surface area contributed by atoms with Crippen LogP contribution in [0.5, 0.6) is 17.2 Å². The smallest absolute Gasteiger partial charge is 0.294 e. The summed E-state index contributed by atoms with van der Waals surface area (Å²) in [5.74, 6) is 0.315. The van der Waals surface area contributed by atoms with E-state index in [0.717, 1.165) is 19.3 Å². The Hall–Kier alpha value is -2.05. The van der Waals surface area contributed by atoms with Crippen LogP contribution in [0, 0.1) is 0 Å². The maximum Gasteiger partial charge on any atom is 0.294 e. The van der Waals surface area contributed by atoms with Gasteiger partial charge in [0.15, 0.2) is 11.5 Å². The highest BCUT2D eigenvalue weighted by Gasteiger charge is 2.20. The maximum atomic E-state index is 11.8. The molecule has 0 atom stereocenters. The van der Waals surface area contributed by atoms with Crippen molar-refractivity contribution in [3.8, 4) is 17.2 Å². The zero-order valence-electron chi connectivity index (χ0n) is 15.7. The largest absolute Gasteiger partial charge is 0.504 e. The molecule has 0 aromatic heterocycles. The molecular formula is C21H28O5S. The molecule has 0 fully saturated rings.